The maximum absolute atomic E-state index is 11.9. The lowest BCUT2D eigenvalue weighted by atomic mass is 10.2. The summed E-state index contributed by atoms with van der Waals surface area (Å²) in [5.41, 5.74) is 0.543. The molecule has 0 atom stereocenters. The van der Waals surface area contributed by atoms with Crippen LogP contribution in [0.15, 0.2) is 42.5 Å². The molecular weight excluding hydrogens is 359 g/mol. The van der Waals surface area contributed by atoms with Crippen LogP contribution < -0.4 is 5.32 Å². The number of carbonyl (C=O) groups excluding carboxylic acids is 1. The second-order valence-corrected chi connectivity index (χ2v) is 4.92. The molecule has 0 aliphatic heterocycles. The summed E-state index contributed by atoms with van der Waals surface area (Å²) < 4.78 is 1.06. The second kappa shape index (κ2) is 5.79. The van der Waals surface area contributed by atoms with Crippen molar-refractivity contribution in [1.29, 1.82) is 0 Å². The Kier molecular flexibility index (Phi) is 4.10. The van der Waals surface area contributed by atoms with E-state index in [-0.39, 0.29) is 11.4 Å². The highest BCUT2D eigenvalue weighted by Gasteiger charge is 2.11. The summed E-state index contributed by atoms with van der Waals surface area (Å²) in [6, 6.07) is 11.5. The van der Waals surface area contributed by atoms with E-state index in [9.17, 15) is 9.59 Å². The van der Waals surface area contributed by atoms with Crippen LogP contribution >= 0.6 is 22.6 Å². The Morgan fingerprint density at radius 2 is 1.68 bits per heavy atom. The quantitative estimate of drug-likeness (QED) is 0.817. The number of carboxylic acids is 1. The Hall–Kier alpha value is -1.96. The lowest BCUT2D eigenvalue weighted by Crippen LogP contribution is -2.15. The van der Waals surface area contributed by atoms with Crippen molar-refractivity contribution in [2.24, 2.45) is 0 Å². The van der Waals surface area contributed by atoms with Crippen LogP contribution in [0.3, 0.4) is 0 Å². The number of amides is 1. The third kappa shape index (κ3) is 3.50. The van der Waals surface area contributed by atoms with E-state index >= 15 is 0 Å². The monoisotopic (exact) mass is 368 g/mol. The third-order valence-electron chi connectivity index (χ3n) is 2.30. The van der Waals surface area contributed by atoms with E-state index in [0.717, 1.165) is 3.57 Å². The molecule has 2 N–H and O–H groups in total. The summed E-state index contributed by atoms with van der Waals surface area (Å²) in [6.07, 6.45) is 0. The molecule has 2 aromatic rings. The molecule has 0 aliphatic rings. The Morgan fingerprint density at radius 3 is 2.32 bits per heavy atom. The van der Waals surface area contributed by atoms with Crippen LogP contribution in [0.1, 0.15) is 21.0 Å². The molecule has 1 amide bonds. The van der Waals surface area contributed by atoms with E-state index in [1.54, 1.807) is 12.1 Å². The summed E-state index contributed by atoms with van der Waals surface area (Å²) in [7, 11) is 0. The first kappa shape index (κ1) is 13.5. The summed E-state index contributed by atoms with van der Waals surface area (Å²) in [5.74, 6) is -1.60. The molecule has 2 rings (SSSR count). The first-order valence-electron chi connectivity index (χ1n) is 5.33. The highest BCUT2D eigenvalue weighted by molar-refractivity contribution is 14.1. The molecule has 0 fully saturated rings. The van der Waals surface area contributed by atoms with Crippen molar-refractivity contribution in [1.82, 2.24) is 4.98 Å². The van der Waals surface area contributed by atoms with Gasteiger partial charge in [0.15, 0.2) is 0 Å². The fourth-order valence-corrected chi connectivity index (χ4v) is 1.77. The van der Waals surface area contributed by atoms with E-state index in [0.29, 0.717) is 5.69 Å². The van der Waals surface area contributed by atoms with Crippen LogP contribution in [0, 0.1) is 3.57 Å². The molecule has 0 bridgehead atoms. The largest absolute Gasteiger partial charge is 0.477 e. The van der Waals surface area contributed by atoms with Gasteiger partial charge < -0.3 is 10.4 Å². The maximum Gasteiger partial charge on any atom is 0.354 e. The molecule has 6 heteroatoms. The zero-order valence-electron chi connectivity index (χ0n) is 9.63. The number of aromatic carboxylic acids is 1. The molecule has 5 nitrogen and oxygen atoms in total. The Balaban J connectivity index is 2.18. The van der Waals surface area contributed by atoms with Crippen LogP contribution in [-0.4, -0.2) is 22.0 Å². The maximum atomic E-state index is 11.9. The summed E-state index contributed by atoms with van der Waals surface area (Å²) in [6.45, 7) is 0. The van der Waals surface area contributed by atoms with E-state index in [1.165, 1.54) is 18.2 Å². The lowest BCUT2D eigenvalue weighted by molar-refractivity contribution is 0.0690. The topological polar surface area (TPSA) is 79.3 Å². The van der Waals surface area contributed by atoms with Crippen molar-refractivity contribution in [2.45, 2.75) is 0 Å². The Labute approximate surface area is 122 Å². The van der Waals surface area contributed by atoms with E-state index in [2.05, 4.69) is 32.9 Å². The number of carbonyl (C=O) groups is 2. The molecule has 96 valence electrons. The molecule has 0 saturated heterocycles. The molecule has 1 aromatic heterocycles. The number of carboxylic acid groups (broad SMARTS) is 1. The van der Waals surface area contributed by atoms with Gasteiger partial charge in [-0.2, -0.15) is 0 Å². The number of anilines is 1. The number of nitrogens with zero attached hydrogens (tertiary/aromatic N) is 1. The van der Waals surface area contributed by atoms with Crippen molar-refractivity contribution in [3.05, 3.63) is 57.4 Å². The number of halogens is 1. The third-order valence-corrected chi connectivity index (χ3v) is 3.02. The number of nitrogens with one attached hydrogen (secondary N) is 1. The van der Waals surface area contributed by atoms with Crippen molar-refractivity contribution < 1.29 is 14.7 Å². The number of rotatable bonds is 3. The standard InChI is InChI=1S/C13H9IN2O3/c14-8-4-6-9(7-5-8)15-12(17)10-2-1-3-11(16-10)13(18)19/h1-7H,(H,15,17)(H,18,19). The van der Waals surface area contributed by atoms with Crippen LogP contribution in [-0.2, 0) is 0 Å². The predicted octanol–water partition coefficient (Wildman–Crippen LogP) is 2.64. The van der Waals surface area contributed by atoms with Crippen molar-refractivity contribution in [2.75, 3.05) is 5.32 Å². The van der Waals surface area contributed by atoms with Gasteiger partial charge in [0, 0.05) is 9.26 Å². The van der Waals surface area contributed by atoms with E-state index in [4.69, 9.17) is 5.11 Å². The highest BCUT2D eigenvalue weighted by atomic mass is 127. The van der Waals surface area contributed by atoms with Gasteiger partial charge in [0.1, 0.15) is 11.4 Å². The van der Waals surface area contributed by atoms with Gasteiger partial charge in [-0.25, -0.2) is 9.78 Å². The molecule has 0 spiro atoms. The summed E-state index contributed by atoms with van der Waals surface area (Å²) in [4.78, 5) is 26.5. The fourth-order valence-electron chi connectivity index (χ4n) is 1.41. The van der Waals surface area contributed by atoms with Crippen LogP contribution in [0.25, 0.3) is 0 Å². The van der Waals surface area contributed by atoms with Crippen molar-refractivity contribution >= 4 is 40.2 Å². The van der Waals surface area contributed by atoms with Crippen LogP contribution in [0.4, 0.5) is 5.69 Å². The second-order valence-electron chi connectivity index (χ2n) is 3.67. The first-order chi connectivity index (χ1) is 9.06. The zero-order valence-corrected chi connectivity index (χ0v) is 11.8. The van der Waals surface area contributed by atoms with E-state index < -0.39 is 11.9 Å². The Bertz CT molecular complexity index is 626. The lowest BCUT2D eigenvalue weighted by Gasteiger charge is -2.05. The number of pyridine rings is 1. The van der Waals surface area contributed by atoms with Crippen LogP contribution in [0.5, 0.6) is 0 Å². The minimum atomic E-state index is -1.16. The van der Waals surface area contributed by atoms with Gasteiger partial charge in [0.25, 0.3) is 5.91 Å². The normalized spacial score (nSPS) is 9.95. The molecule has 0 unspecified atom stereocenters. The summed E-state index contributed by atoms with van der Waals surface area (Å²) in [5, 5.41) is 11.5. The SMILES string of the molecule is O=C(O)c1cccc(C(=O)Nc2ccc(I)cc2)n1. The van der Waals surface area contributed by atoms with Gasteiger partial charge in [0.05, 0.1) is 0 Å². The van der Waals surface area contributed by atoms with Crippen molar-refractivity contribution in [3.63, 3.8) is 0 Å². The molecule has 19 heavy (non-hydrogen) atoms. The molecule has 0 radical (unpaired) electrons. The fraction of sp³-hybridized carbons (Fsp3) is 0. The Morgan fingerprint density at radius 1 is 1.05 bits per heavy atom. The van der Waals surface area contributed by atoms with Gasteiger partial charge in [-0.15, -0.1) is 0 Å². The number of benzene rings is 1. The van der Waals surface area contributed by atoms with Gasteiger partial charge in [-0.3, -0.25) is 4.79 Å². The van der Waals surface area contributed by atoms with E-state index in [1.807, 2.05) is 12.1 Å². The van der Waals surface area contributed by atoms with Gasteiger partial charge in [-0.1, -0.05) is 6.07 Å². The summed E-state index contributed by atoms with van der Waals surface area (Å²) >= 11 is 2.16. The van der Waals surface area contributed by atoms with Crippen LogP contribution in [0.2, 0.25) is 0 Å². The molecular formula is C13H9IN2O3. The van der Waals surface area contributed by atoms with Gasteiger partial charge >= 0.3 is 5.97 Å². The average Bonchev–Trinajstić information content (AvgIpc) is 2.41. The van der Waals surface area contributed by atoms with Gasteiger partial charge in [-0.05, 0) is 59.0 Å². The smallest absolute Gasteiger partial charge is 0.354 e. The minimum Gasteiger partial charge on any atom is -0.477 e. The van der Waals surface area contributed by atoms with Gasteiger partial charge in [0.2, 0.25) is 0 Å². The molecule has 0 aliphatic carbocycles. The molecule has 1 aromatic carbocycles. The minimum absolute atomic E-state index is 0.0680. The number of hydrogen-bond donors (Lipinski definition) is 2. The average molecular weight is 368 g/mol. The number of aromatic nitrogens is 1. The molecule has 1 heterocycles. The number of hydrogen-bond acceptors (Lipinski definition) is 3. The van der Waals surface area contributed by atoms with Crippen molar-refractivity contribution in [3.8, 4) is 0 Å². The molecule has 0 saturated carbocycles. The highest BCUT2D eigenvalue weighted by Crippen LogP contribution is 2.12. The first-order valence-corrected chi connectivity index (χ1v) is 6.41. The predicted molar refractivity (Wildman–Crippen MR) is 78.3 cm³/mol. The zero-order chi connectivity index (χ0) is 13.8.